The molecule has 22 heavy (non-hydrogen) atoms. The number of hydrogen-bond acceptors (Lipinski definition) is 3. The summed E-state index contributed by atoms with van der Waals surface area (Å²) in [6.07, 6.45) is -0.459. The predicted octanol–water partition coefficient (Wildman–Crippen LogP) is 1.57. The lowest BCUT2D eigenvalue weighted by atomic mass is 10.1. The Morgan fingerprint density at radius 2 is 1.82 bits per heavy atom. The van der Waals surface area contributed by atoms with E-state index in [0.717, 1.165) is 5.56 Å². The highest BCUT2D eigenvalue weighted by atomic mass is 31.2. The second-order valence-corrected chi connectivity index (χ2v) is 7.08. The Morgan fingerprint density at radius 1 is 1.18 bits per heavy atom. The van der Waals surface area contributed by atoms with E-state index in [1.54, 1.807) is 0 Å². The van der Waals surface area contributed by atoms with Crippen LogP contribution in [0.1, 0.15) is 18.4 Å². The van der Waals surface area contributed by atoms with Crippen LogP contribution < -0.4 is 5.09 Å². The SMILES string of the molecule is O=C(O)CCC(CP(=O)(O)NCCc1ccccc1)C(=O)O. The molecular weight excluding hydrogens is 309 g/mol. The average molecular weight is 329 g/mol. The first kappa shape index (κ1) is 18.4. The minimum atomic E-state index is -3.82. The van der Waals surface area contributed by atoms with Gasteiger partial charge in [-0.3, -0.25) is 14.2 Å². The minimum Gasteiger partial charge on any atom is -0.481 e. The van der Waals surface area contributed by atoms with Crippen molar-refractivity contribution in [2.24, 2.45) is 5.92 Å². The zero-order valence-corrected chi connectivity index (χ0v) is 12.9. The van der Waals surface area contributed by atoms with E-state index in [2.05, 4.69) is 5.09 Å². The molecule has 4 N–H and O–H groups in total. The van der Waals surface area contributed by atoms with E-state index < -0.39 is 31.5 Å². The van der Waals surface area contributed by atoms with Gasteiger partial charge in [0.05, 0.1) is 12.1 Å². The lowest BCUT2D eigenvalue weighted by Gasteiger charge is -2.17. The second-order valence-electron chi connectivity index (χ2n) is 5.00. The van der Waals surface area contributed by atoms with Crippen LogP contribution in [-0.2, 0) is 20.6 Å². The first-order chi connectivity index (χ1) is 10.3. The fourth-order valence-corrected chi connectivity index (χ4v) is 3.50. The largest absolute Gasteiger partial charge is 0.481 e. The first-order valence-electron chi connectivity index (χ1n) is 6.85. The summed E-state index contributed by atoms with van der Waals surface area (Å²) in [5.41, 5.74) is 0.996. The molecule has 0 aliphatic carbocycles. The van der Waals surface area contributed by atoms with Crippen molar-refractivity contribution in [2.75, 3.05) is 12.7 Å². The molecule has 0 aromatic heterocycles. The van der Waals surface area contributed by atoms with E-state index in [1.807, 2.05) is 30.3 Å². The molecule has 1 rings (SSSR count). The molecule has 0 saturated carbocycles. The Hall–Kier alpha value is -1.69. The number of carboxylic acid groups (broad SMARTS) is 2. The minimum absolute atomic E-state index is 0.171. The van der Waals surface area contributed by atoms with Crippen molar-refractivity contribution in [3.05, 3.63) is 35.9 Å². The van der Waals surface area contributed by atoms with Crippen molar-refractivity contribution in [3.8, 4) is 0 Å². The number of aliphatic carboxylic acids is 2. The highest BCUT2D eigenvalue weighted by molar-refractivity contribution is 7.55. The van der Waals surface area contributed by atoms with Gasteiger partial charge in [0.25, 0.3) is 7.52 Å². The maximum atomic E-state index is 12.0. The van der Waals surface area contributed by atoms with E-state index in [-0.39, 0.29) is 19.4 Å². The normalized spacial score (nSPS) is 15.0. The molecule has 0 radical (unpaired) electrons. The maximum Gasteiger partial charge on any atom is 0.307 e. The maximum absolute atomic E-state index is 12.0. The third-order valence-corrected chi connectivity index (χ3v) is 4.79. The number of hydrogen-bond donors (Lipinski definition) is 4. The Labute approximate surface area is 128 Å². The van der Waals surface area contributed by atoms with Crippen LogP contribution in [0.15, 0.2) is 30.3 Å². The van der Waals surface area contributed by atoms with Gasteiger partial charge in [0.2, 0.25) is 0 Å². The molecule has 122 valence electrons. The van der Waals surface area contributed by atoms with Crippen LogP contribution in [0.2, 0.25) is 0 Å². The Bertz CT molecular complexity index is 548. The summed E-state index contributed by atoms with van der Waals surface area (Å²) in [7, 11) is -3.82. The Balaban J connectivity index is 2.47. The van der Waals surface area contributed by atoms with Crippen LogP contribution in [-0.4, -0.2) is 39.8 Å². The molecule has 0 amide bonds. The number of rotatable bonds is 10. The molecule has 0 spiro atoms. The van der Waals surface area contributed by atoms with E-state index >= 15 is 0 Å². The fourth-order valence-electron chi connectivity index (χ4n) is 1.97. The lowest BCUT2D eigenvalue weighted by molar-refractivity contribution is -0.142. The van der Waals surface area contributed by atoms with Crippen molar-refractivity contribution >= 4 is 19.5 Å². The molecule has 0 heterocycles. The van der Waals surface area contributed by atoms with Crippen molar-refractivity contribution in [2.45, 2.75) is 19.3 Å². The van der Waals surface area contributed by atoms with Crippen LogP contribution in [0, 0.1) is 5.92 Å². The summed E-state index contributed by atoms with van der Waals surface area (Å²) in [4.78, 5) is 31.3. The third kappa shape index (κ3) is 7.36. The highest BCUT2D eigenvalue weighted by Crippen LogP contribution is 2.38. The molecule has 0 saturated heterocycles. The predicted molar refractivity (Wildman–Crippen MR) is 80.8 cm³/mol. The Kier molecular flexibility index (Phi) is 7.24. The van der Waals surface area contributed by atoms with Crippen molar-refractivity contribution < 1.29 is 29.3 Å². The summed E-state index contributed by atoms with van der Waals surface area (Å²) in [6.45, 7) is 0.239. The molecular formula is C14H20NO6P. The zero-order chi connectivity index (χ0) is 16.6. The monoisotopic (exact) mass is 329 g/mol. The fraction of sp³-hybridized carbons (Fsp3) is 0.429. The van der Waals surface area contributed by atoms with Gasteiger partial charge in [-0.1, -0.05) is 30.3 Å². The lowest BCUT2D eigenvalue weighted by Crippen LogP contribution is -2.24. The molecule has 0 fully saturated rings. The third-order valence-electron chi connectivity index (χ3n) is 3.14. The van der Waals surface area contributed by atoms with E-state index in [1.165, 1.54) is 0 Å². The quantitative estimate of drug-likeness (QED) is 0.480. The zero-order valence-electron chi connectivity index (χ0n) is 12.0. The molecule has 0 aliphatic rings. The van der Waals surface area contributed by atoms with Gasteiger partial charge < -0.3 is 15.1 Å². The molecule has 1 aromatic rings. The summed E-state index contributed by atoms with van der Waals surface area (Å²) in [5, 5.41) is 20.1. The number of carboxylic acids is 2. The van der Waals surface area contributed by atoms with E-state index in [9.17, 15) is 19.0 Å². The molecule has 8 heteroatoms. The van der Waals surface area contributed by atoms with Gasteiger partial charge in [0, 0.05) is 13.0 Å². The number of carbonyl (C=O) groups is 2. The van der Waals surface area contributed by atoms with Gasteiger partial charge in [-0.15, -0.1) is 0 Å². The summed E-state index contributed by atoms with van der Waals surface area (Å²) in [5.74, 6) is -3.55. The molecule has 2 unspecified atom stereocenters. The topological polar surface area (TPSA) is 124 Å². The van der Waals surface area contributed by atoms with Crippen molar-refractivity contribution in [1.29, 1.82) is 0 Å². The van der Waals surface area contributed by atoms with Gasteiger partial charge in [-0.2, -0.15) is 0 Å². The standard InChI is InChI=1S/C14H20NO6P/c16-13(17)7-6-12(14(18)19)10-22(20,21)15-9-8-11-4-2-1-3-5-11/h1-5,12H,6-10H2,(H,16,17)(H,18,19)(H2,15,20,21). The summed E-state index contributed by atoms with van der Waals surface area (Å²) >= 11 is 0. The van der Waals surface area contributed by atoms with Crippen molar-refractivity contribution in [1.82, 2.24) is 5.09 Å². The van der Waals surface area contributed by atoms with E-state index in [0.29, 0.717) is 6.42 Å². The highest BCUT2D eigenvalue weighted by Gasteiger charge is 2.28. The van der Waals surface area contributed by atoms with Gasteiger partial charge in [0.15, 0.2) is 0 Å². The van der Waals surface area contributed by atoms with Gasteiger partial charge in [-0.25, -0.2) is 5.09 Å². The van der Waals surface area contributed by atoms with E-state index in [4.69, 9.17) is 10.2 Å². The average Bonchev–Trinajstić information content (AvgIpc) is 2.44. The summed E-state index contributed by atoms with van der Waals surface area (Å²) in [6, 6.07) is 9.36. The molecule has 0 aliphatic heterocycles. The van der Waals surface area contributed by atoms with Crippen molar-refractivity contribution in [3.63, 3.8) is 0 Å². The first-order valence-corrected chi connectivity index (χ1v) is 8.70. The van der Waals surface area contributed by atoms with Gasteiger partial charge in [0.1, 0.15) is 0 Å². The molecule has 1 aromatic carbocycles. The second kappa shape index (κ2) is 8.68. The number of benzene rings is 1. The van der Waals surface area contributed by atoms with Gasteiger partial charge in [-0.05, 0) is 18.4 Å². The van der Waals surface area contributed by atoms with Crippen LogP contribution in [0.25, 0.3) is 0 Å². The van der Waals surface area contributed by atoms with Crippen LogP contribution in [0.5, 0.6) is 0 Å². The number of nitrogens with one attached hydrogen (secondary N) is 1. The molecule has 7 nitrogen and oxygen atoms in total. The molecule has 0 bridgehead atoms. The Morgan fingerprint density at radius 3 is 2.36 bits per heavy atom. The van der Waals surface area contributed by atoms with Crippen LogP contribution in [0.4, 0.5) is 0 Å². The van der Waals surface area contributed by atoms with Gasteiger partial charge >= 0.3 is 11.9 Å². The molecule has 2 atom stereocenters. The smallest absolute Gasteiger partial charge is 0.307 e. The summed E-state index contributed by atoms with van der Waals surface area (Å²) < 4.78 is 12.0. The van der Waals surface area contributed by atoms with Crippen LogP contribution in [0.3, 0.4) is 0 Å². The van der Waals surface area contributed by atoms with Crippen LogP contribution >= 0.6 is 7.52 Å².